The van der Waals surface area contributed by atoms with Crippen molar-refractivity contribution in [2.75, 3.05) is 19.7 Å². The lowest BCUT2D eigenvalue weighted by atomic mass is 9.72. The predicted molar refractivity (Wildman–Crippen MR) is 88.2 cm³/mol. The average molecular weight is 313 g/mol. The first-order valence-corrected chi connectivity index (χ1v) is 8.46. The van der Waals surface area contributed by atoms with E-state index in [4.69, 9.17) is 9.15 Å². The molecule has 0 N–H and O–H groups in total. The van der Waals surface area contributed by atoms with Crippen LogP contribution in [0.1, 0.15) is 44.1 Å². The van der Waals surface area contributed by atoms with Crippen LogP contribution in [0.3, 0.4) is 0 Å². The van der Waals surface area contributed by atoms with Crippen LogP contribution in [0.15, 0.2) is 28.7 Å². The maximum absolute atomic E-state index is 11.3. The zero-order chi connectivity index (χ0) is 16.0. The molecule has 122 valence electrons. The van der Waals surface area contributed by atoms with E-state index in [1.54, 1.807) is 0 Å². The van der Waals surface area contributed by atoms with Crippen LogP contribution in [0.4, 0.5) is 0 Å². The van der Waals surface area contributed by atoms with Crippen LogP contribution in [0.2, 0.25) is 0 Å². The second kappa shape index (κ2) is 5.38. The minimum atomic E-state index is -0.205. The van der Waals surface area contributed by atoms with Crippen LogP contribution in [0, 0.1) is 5.41 Å². The van der Waals surface area contributed by atoms with Crippen LogP contribution < -0.4 is 0 Å². The van der Waals surface area contributed by atoms with Crippen LogP contribution in [-0.4, -0.2) is 30.6 Å². The molecule has 4 heteroatoms. The highest BCUT2D eigenvalue weighted by Gasteiger charge is 2.47. The summed E-state index contributed by atoms with van der Waals surface area (Å²) in [5.41, 5.74) is 2.23. The highest BCUT2D eigenvalue weighted by atomic mass is 16.5. The molecule has 0 aliphatic carbocycles. The lowest BCUT2D eigenvalue weighted by Gasteiger charge is -2.49. The quantitative estimate of drug-likeness (QED) is 0.793. The lowest BCUT2D eigenvalue weighted by Crippen LogP contribution is -2.49. The number of para-hydroxylation sites is 1. The molecule has 1 aromatic carbocycles. The number of piperidine rings is 1. The van der Waals surface area contributed by atoms with Gasteiger partial charge in [0.15, 0.2) is 0 Å². The first kappa shape index (κ1) is 14.8. The van der Waals surface area contributed by atoms with E-state index in [1.807, 2.05) is 12.1 Å². The van der Waals surface area contributed by atoms with E-state index < -0.39 is 0 Å². The first-order valence-electron chi connectivity index (χ1n) is 8.46. The van der Waals surface area contributed by atoms with Gasteiger partial charge in [0, 0.05) is 29.8 Å². The highest BCUT2D eigenvalue weighted by molar-refractivity contribution is 5.82. The molecule has 0 radical (unpaired) electrons. The second-order valence-corrected chi connectivity index (χ2v) is 7.17. The van der Waals surface area contributed by atoms with Gasteiger partial charge in [-0.1, -0.05) is 25.1 Å². The van der Waals surface area contributed by atoms with Crippen LogP contribution in [-0.2, 0) is 16.0 Å². The third-order valence-electron chi connectivity index (χ3n) is 5.45. The summed E-state index contributed by atoms with van der Waals surface area (Å²) in [5, 5.41) is 1.24. The fraction of sp³-hybridized carbons (Fsp3) is 0.526. The Morgan fingerprint density at radius 2 is 2.22 bits per heavy atom. The summed E-state index contributed by atoms with van der Waals surface area (Å²) in [7, 11) is 0. The molecular weight excluding hydrogens is 290 g/mol. The van der Waals surface area contributed by atoms with Gasteiger partial charge in [-0.05, 0) is 31.9 Å². The monoisotopic (exact) mass is 313 g/mol. The molecule has 1 fully saturated rings. The van der Waals surface area contributed by atoms with Crippen LogP contribution >= 0.6 is 0 Å². The molecule has 2 atom stereocenters. The predicted octanol–water partition coefficient (Wildman–Crippen LogP) is 3.70. The van der Waals surface area contributed by atoms with Crippen LogP contribution in [0.5, 0.6) is 0 Å². The average Bonchev–Trinajstić information content (AvgIpc) is 2.91. The maximum Gasteiger partial charge on any atom is 0.302 e. The third-order valence-corrected chi connectivity index (χ3v) is 5.45. The number of carbonyl (C=O) groups is 1. The van der Waals surface area contributed by atoms with E-state index in [1.165, 1.54) is 17.9 Å². The van der Waals surface area contributed by atoms with Crippen molar-refractivity contribution in [2.24, 2.45) is 5.41 Å². The van der Waals surface area contributed by atoms with Gasteiger partial charge >= 0.3 is 5.97 Å². The second-order valence-electron chi connectivity index (χ2n) is 7.17. The molecule has 2 aliphatic rings. The number of hydrogen-bond donors (Lipinski definition) is 0. The van der Waals surface area contributed by atoms with E-state index in [2.05, 4.69) is 24.0 Å². The molecule has 3 heterocycles. The van der Waals surface area contributed by atoms with E-state index >= 15 is 0 Å². The Labute approximate surface area is 136 Å². The first-order chi connectivity index (χ1) is 11.1. The summed E-state index contributed by atoms with van der Waals surface area (Å²) in [6.45, 7) is 6.32. The molecule has 2 aliphatic heterocycles. The molecule has 23 heavy (non-hydrogen) atoms. The number of nitrogens with zero attached hydrogens (tertiary/aromatic N) is 1. The standard InChI is InChI=1S/C19H23NO3/c1-13(21)22-12-19(2)9-5-10-20-11-8-15-14-6-3-4-7-16(14)23-17(15)18(19)20/h3-4,6-7,18H,5,8-12H2,1-2H3. The molecule has 2 unspecified atom stereocenters. The minimum Gasteiger partial charge on any atom is -0.465 e. The summed E-state index contributed by atoms with van der Waals surface area (Å²) >= 11 is 0. The van der Waals surface area contributed by atoms with Gasteiger partial charge in [0.1, 0.15) is 11.3 Å². The van der Waals surface area contributed by atoms with Crippen molar-refractivity contribution in [2.45, 2.75) is 39.2 Å². The SMILES string of the molecule is CC(=O)OCC1(C)CCCN2CCc3c(oc4ccccc34)C21. The van der Waals surface area contributed by atoms with E-state index in [0.717, 1.165) is 43.7 Å². The van der Waals surface area contributed by atoms with Crippen molar-refractivity contribution < 1.29 is 13.9 Å². The summed E-state index contributed by atoms with van der Waals surface area (Å²) in [6.07, 6.45) is 3.23. The van der Waals surface area contributed by atoms with Crippen molar-refractivity contribution in [3.05, 3.63) is 35.6 Å². The Morgan fingerprint density at radius 1 is 1.39 bits per heavy atom. The smallest absolute Gasteiger partial charge is 0.302 e. The fourth-order valence-electron chi connectivity index (χ4n) is 4.39. The molecule has 0 bridgehead atoms. The third kappa shape index (κ3) is 2.36. The molecule has 0 amide bonds. The number of carbonyl (C=O) groups excluding carboxylic acids is 1. The van der Waals surface area contributed by atoms with Crippen molar-refractivity contribution in [3.8, 4) is 0 Å². The van der Waals surface area contributed by atoms with E-state index in [-0.39, 0.29) is 17.4 Å². The number of hydrogen-bond acceptors (Lipinski definition) is 4. The van der Waals surface area contributed by atoms with Gasteiger partial charge in [0.2, 0.25) is 0 Å². The van der Waals surface area contributed by atoms with Crippen molar-refractivity contribution >= 4 is 16.9 Å². The Hall–Kier alpha value is -1.81. The number of esters is 1. The number of furan rings is 1. The van der Waals surface area contributed by atoms with Crippen LogP contribution in [0.25, 0.3) is 11.0 Å². The molecule has 0 spiro atoms. The zero-order valence-electron chi connectivity index (χ0n) is 13.8. The van der Waals surface area contributed by atoms with Gasteiger partial charge in [0.05, 0.1) is 12.6 Å². The van der Waals surface area contributed by atoms with Gasteiger partial charge in [-0.15, -0.1) is 0 Å². The van der Waals surface area contributed by atoms with Gasteiger partial charge in [-0.25, -0.2) is 0 Å². The Balaban J connectivity index is 1.79. The minimum absolute atomic E-state index is 0.0903. The van der Waals surface area contributed by atoms with E-state index in [9.17, 15) is 4.79 Å². The molecular formula is C19H23NO3. The highest BCUT2D eigenvalue weighted by Crippen LogP contribution is 2.50. The molecule has 0 saturated carbocycles. The van der Waals surface area contributed by atoms with Gasteiger partial charge < -0.3 is 9.15 Å². The zero-order valence-corrected chi connectivity index (χ0v) is 13.8. The maximum atomic E-state index is 11.3. The Morgan fingerprint density at radius 3 is 3.04 bits per heavy atom. The largest absolute Gasteiger partial charge is 0.465 e. The lowest BCUT2D eigenvalue weighted by molar-refractivity contribution is -0.148. The molecule has 4 rings (SSSR count). The number of rotatable bonds is 2. The summed E-state index contributed by atoms with van der Waals surface area (Å²) in [5.74, 6) is 0.885. The number of ether oxygens (including phenoxy) is 1. The van der Waals surface area contributed by atoms with Crippen molar-refractivity contribution in [1.29, 1.82) is 0 Å². The summed E-state index contributed by atoms with van der Waals surface area (Å²) in [4.78, 5) is 13.8. The number of benzene rings is 1. The van der Waals surface area contributed by atoms with Gasteiger partial charge in [0.25, 0.3) is 0 Å². The number of fused-ring (bicyclic) bond motifs is 5. The molecule has 4 nitrogen and oxygen atoms in total. The summed E-state index contributed by atoms with van der Waals surface area (Å²) < 4.78 is 11.7. The normalized spacial score (nSPS) is 27.5. The fourth-order valence-corrected chi connectivity index (χ4v) is 4.39. The van der Waals surface area contributed by atoms with E-state index in [0.29, 0.717) is 6.61 Å². The van der Waals surface area contributed by atoms with Gasteiger partial charge in [-0.2, -0.15) is 0 Å². The van der Waals surface area contributed by atoms with Gasteiger partial charge in [-0.3, -0.25) is 9.69 Å². The van der Waals surface area contributed by atoms with Crippen molar-refractivity contribution in [1.82, 2.24) is 4.90 Å². The van der Waals surface area contributed by atoms with Crippen molar-refractivity contribution in [3.63, 3.8) is 0 Å². The topological polar surface area (TPSA) is 42.7 Å². The Bertz CT molecular complexity index is 750. The molecule has 2 aromatic rings. The molecule has 1 aromatic heterocycles. The summed E-state index contributed by atoms with van der Waals surface area (Å²) in [6, 6.07) is 8.49. The molecule has 1 saturated heterocycles. The Kier molecular flexibility index (Phi) is 3.45.